The Morgan fingerprint density at radius 1 is 1.44 bits per heavy atom. The molecule has 2 aromatic heterocycles. The fourth-order valence-electron chi connectivity index (χ4n) is 1.80. The quantitative estimate of drug-likeness (QED) is 0.899. The van der Waals surface area contributed by atoms with Crippen LogP contribution in [0.15, 0.2) is 35.2 Å². The van der Waals surface area contributed by atoms with E-state index in [9.17, 15) is 4.79 Å². The molecule has 4 nitrogen and oxygen atoms in total. The Kier molecular flexibility index (Phi) is 4.07. The lowest BCUT2D eigenvalue weighted by Crippen LogP contribution is -2.19. The summed E-state index contributed by atoms with van der Waals surface area (Å²) < 4.78 is 0. The van der Waals surface area contributed by atoms with Gasteiger partial charge in [0.25, 0.3) is 0 Å². The van der Waals surface area contributed by atoms with E-state index in [-0.39, 0.29) is 5.69 Å². The van der Waals surface area contributed by atoms with Crippen LogP contribution in [0.1, 0.15) is 21.6 Å². The molecule has 0 spiro atoms. The van der Waals surface area contributed by atoms with Crippen molar-refractivity contribution in [3.05, 3.63) is 52.0 Å². The Labute approximate surface area is 110 Å². The Morgan fingerprint density at radius 3 is 2.94 bits per heavy atom. The number of aromatic carboxylic acids is 1. The monoisotopic (exact) mass is 262 g/mol. The summed E-state index contributed by atoms with van der Waals surface area (Å²) in [4.78, 5) is 17.0. The van der Waals surface area contributed by atoms with E-state index in [2.05, 4.69) is 21.3 Å². The molecule has 0 fully saturated rings. The van der Waals surface area contributed by atoms with Crippen molar-refractivity contribution in [3.8, 4) is 0 Å². The van der Waals surface area contributed by atoms with Crippen molar-refractivity contribution in [1.82, 2.24) is 9.88 Å². The summed E-state index contributed by atoms with van der Waals surface area (Å²) in [6.07, 6.45) is 1.51. The second-order valence-corrected chi connectivity index (χ2v) is 4.90. The molecule has 94 valence electrons. The van der Waals surface area contributed by atoms with Crippen LogP contribution in [0, 0.1) is 0 Å². The number of aromatic nitrogens is 1. The van der Waals surface area contributed by atoms with E-state index in [4.69, 9.17) is 5.11 Å². The molecule has 0 unspecified atom stereocenters. The van der Waals surface area contributed by atoms with Gasteiger partial charge in [0.05, 0.1) is 0 Å². The lowest BCUT2D eigenvalue weighted by molar-refractivity contribution is 0.0688. The van der Waals surface area contributed by atoms with Gasteiger partial charge in [-0.25, -0.2) is 9.78 Å². The summed E-state index contributed by atoms with van der Waals surface area (Å²) in [5.41, 5.74) is 2.11. The first-order valence-electron chi connectivity index (χ1n) is 5.53. The fourth-order valence-corrected chi connectivity index (χ4v) is 2.46. The van der Waals surface area contributed by atoms with Crippen molar-refractivity contribution in [2.45, 2.75) is 13.1 Å². The number of hydrogen-bond acceptors (Lipinski definition) is 4. The van der Waals surface area contributed by atoms with Crippen LogP contribution in [-0.4, -0.2) is 28.0 Å². The van der Waals surface area contributed by atoms with Crippen molar-refractivity contribution in [3.63, 3.8) is 0 Å². The third-order valence-electron chi connectivity index (χ3n) is 2.57. The number of carbonyl (C=O) groups is 1. The Balaban J connectivity index is 2.07. The van der Waals surface area contributed by atoms with E-state index in [1.165, 1.54) is 11.8 Å². The summed E-state index contributed by atoms with van der Waals surface area (Å²) in [6.45, 7) is 1.38. The second kappa shape index (κ2) is 5.75. The van der Waals surface area contributed by atoms with E-state index in [1.54, 1.807) is 23.5 Å². The topological polar surface area (TPSA) is 53.4 Å². The first-order chi connectivity index (χ1) is 8.66. The SMILES string of the molecule is CN(Cc1ccsc1)Cc1cccnc1C(=O)O. The van der Waals surface area contributed by atoms with E-state index in [1.807, 2.05) is 12.4 Å². The maximum absolute atomic E-state index is 11.0. The van der Waals surface area contributed by atoms with Gasteiger partial charge in [-0.15, -0.1) is 0 Å². The van der Waals surface area contributed by atoms with Gasteiger partial charge in [-0.1, -0.05) is 6.07 Å². The summed E-state index contributed by atoms with van der Waals surface area (Å²) in [5, 5.41) is 13.2. The summed E-state index contributed by atoms with van der Waals surface area (Å²) in [5.74, 6) is -0.977. The number of thiophene rings is 1. The van der Waals surface area contributed by atoms with Crippen LogP contribution in [0.25, 0.3) is 0 Å². The van der Waals surface area contributed by atoms with Crippen LogP contribution < -0.4 is 0 Å². The van der Waals surface area contributed by atoms with E-state index in [0.717, 1.165) is 12.1 Å². The highest BCUT2D eigenvalue weighted by molar-refractivity contribution is 7.07. The molecule has 0 saturated heterocycles. The third kappa shape index (κ3) is 3.15. The Bertz CT molecular complexity index is 526. The first kappa shape index (κ1) is 12.7. The fraction of sp³-hybridized carbons (Fsp3) is 0.231. The molecule has 0 atom stereocenters. The molecule has 5 heteroatoms. The van der Waals surface area contributed by atoms with Crippen LogP contribution >= 0.6 is 11.3 Å². The summed E-state index contributed by atoms with van der Waals surface area (Å²) in [6, 6.07) is 5.64. The van der Waals surface area contributed by atoms with Gasteiger partial charge < -0.3 is 5.11 Å². The number of nitrogens with zero attached hydrogens (tertiary/aromatic N) is 2. The molecule has 0 radical (unpaired) electrons. The summed E-state index contributed by atoms with van der Waals surface area (Å²) in [7, 11) is 1.97. The predicted molar refractivity (Wildman–Crippen MR) is 70.7 cm³/mol. The van der Waals surface area contributed by atoms with Gasteiger partial charge in [-0.3, -0.25) is 4.90 Å². The Hall–Kier alpha value is -1.72. The van der Waals surface area contributed by atoms with Crippen LogP contribution in [0.2, 0.25) is 0 Å². The standard InChI is InChI=1S/C13H14N2O2S/c1-15(7-10-4-6-18-9-10)8-11-3-2-5-14-12(11)13(16)17/h2-6,9H,7-8H2,1H3,(H,16,17). The third-order valence-corrected chi connectivity index (χ3v) is 3.30. The van der Waals surface area contributed by atoms with Crippen molar-refractivity contribution >= 4 is 17.3 Å². The van der Waals surface area contributed by atoms with Gasteiger partial charge >= 0.3 is 5.97 Å². The van der Waals surface area contributed by atoms with E-state index >= 15 is 0 Å². The molecule has 0 bridgehead atoms. The molecule has 0 aromatic carbocycles. The molecule has 18 heavy (non-hydrogen) atoms. The number of carboxylic acids is 1. The van der Waals surface area contributed by atoms with Crippen molar-refractivity contribution in [1.29, 1.82) is 0 Å². The van der Waals surface area contributed by atoms with Gasteiger partial charge in [0.15, 0.2) is 5.69 Å². The molecule has 0 saturated carbocycles. The van der Waals surface area contributed by atoms with Crippen LogP contribution in [-0.2, 0) is 13.1 Å². The largest absolute Gasteiger partial charge is 0.477 e. The zero-order valence-electron chi connectivity index (χ0n) is 10.0. The normalized spacial score (nSPS) is 10.8. The van der Waals surface area contributed by atoms with Gasteiger partial charge in [0, 0.05) is 19.3 Å². The summed E-state index contributed by atoms with van der Waals surface area (Å²) >= 11 is 1.66. The minimum absolute atomic E-state index is 0.134. The lowest BCUT2D eigenvalue weighted by Gasteiger charge is -2.16. The maximum Gasteiger partial charge on any atom is 0.354 e. The molecular formula is C13H14N2O2S. The van der Waals surface area contributed by atoms with Crippen molar-refractivity contribution < 1.29 is 9.90 Å². The minimum atomic E-state index is -0.977. The zero-order chi connectivity index (χ0) is 13.0. The highest BCUT2D eigenvalue weighted by Gasteiger charge is 2.12. The molecule has 0 aliphatic carbocycles. The zero-order valence-corrected chi connectivity index (χ0v) is 10.9. The predicted octanol–water partition coefficient (Wildman–Crippen LogP) is 2.47. The molecule has 2 aromatic rings. The molecule has 2 heterocycles. The average molecular weight is 262 g/mol. The molecule has 0 amide bonds. The maximum atomic E-state index is 11.0. The molecule has 2 rings (SSSR count). The highest BCUT2D eigenvalue weighted by Crippen LogP contribution is 2.12. The smallest absolute Gasteiger partial charge is 0.354 e. The Morgan fingerprint density at radius 2 is 2.28 bits per heavy atom. The van der Waals surface area contributed by atoms with Crippen LogP contribution in [0.4, 0.5) is 0 Å². The van der Waals surface area contributed by atoms with Crippen LogP contribution in [0.5, 0.6) is 0 Å². The number of pyridine rings is 1. The molecular weight excluding hydrogens is 248 g/mol. The van der Waals surface area contributed by atoms with Gasteiger partial charge in [0.2, 0.25) is 0 Å². The second-order valence-electron chi connectivity index (χ2n) is 4.12. The number of carboxylic acid groups (broad SMARTS) is 1. The van der Waals surface area contributed by atoms with Gasteiger partial charge in [-0.2, -0.15) is 11.3 Å². The molecule has 0 aliphatic rings. The average Bonchev–Trinajstić information content (AvgIpc) is 2.82. The molecule has 1 N–H and O–H groups in total. The lowest BCUT2D eigenvalue weighted by atomic mass is 10.1. The van der Waals surface area contributed by atoms with Gasteiger partial charge in [0.1, 0.15) is 0 Å². The molecule has 0 aliphatic heterocycles. The number of rotatable bonds is 5. The number of hydrogen-bond donors (Lipinski definition) is 1. The van der Waals surface area contributed by atoms with Crippen molar-refractivity contribution in [2.24, 2.45) is 0 Å². The highest BCUT2D eigenvalue weighted by atomic mass is 32.1. The van der Waals surface area contributed by atoms with Crippen molar-refractivity contribution in [2.75, 3.05) is 7.05 Å². The van der Waals surface area contributed by atoms with E-state index < -0.39 is 5.97 Å². The minimum Gasteiger partial charge on any atom is -0.477 e. The van der Waals surface area contributed by atoms with Crippen LogP contribution in [0.3, 0.4) is 0 Å². The first-order valence-corrected chi connectivity index (χ1v) is 6.48. The van der Waals surface area contributed by atoms with E-state index in [0.29, 0.717) is 6.54 Å². The van der Waals surface area contributed by atoms with Gasteiger partial charge in [-0.05, 0) is 41.1 Å².